The van der Waals surface area contributed by atoms with Crippen molar-refractivity contribution >= 4 is 45.0 Å². The highest BCUT2D eigenvalue weighted by Gasteiger charge is 2.35. The van der Waals surface area contributed by atoms with Crippen molar-refractivity contribution in [3.63, 3.8) is 0 Å². The minimum absolute atomic E-state index is 0.0595. The highest BCUT2D eigenvalue weighted by atomic mass is 35.5. The number of rotatable bonds is 6. The summed E-state index contributed by atoms with van der Waals surface area (Å²) in [6.07, 6.45) is 1.01. The lowest BCUT2D eigenvalue weighted by molar-refractivity contribution is -0.154. The maximum Gasteiger partial charge on any atom is 0.339 e. The molecular formula is C23H24ClNO5S. The average Bonchev–Trinajstić information content (AvgIpc) is 3.12. The lowest BCUT2D eigenvalue weighted by atomic mass is 10.0. The largest absolute Gasteiger partial charge is 0.449 e. The van der Waals surface area contributed by atoms with E-state index in [1.54, 1.807) is 30.3 Å². The van der Waals surface area contributed by atoms with E-state index in [1.807, 2.05) is 30.3 Å². The third-order valence-electron chi connectivity index (χ3n) is 5.22. The van der Waals surface area contributed by atoms with E-state index in [-0.39, 0.29) is 17.1 Å². The highest BCUT2D eigenvalue weighted by Crippen LogP contribution is 2.23. The van der Waals surface area contributed by atoms with Crippen LogP contribution < -0.4 is 0 Å². The van der Waals surface area contributed by atoms with E-state index in [4.69, 9.17) is 16.3 Å². The molecule has 0 radical (unpaired) electrons. The highest BCUT2D eigenvalue weighted by molar-refractivity contribution is 7.91. The summed E-state index contributed by atoms with van der Waals surface area (Å²) >= 11 is 5.97. The number of likely N-dealkylation sites (N-methyl/N-ethyl adjacent to an activating group) is 1. The molecule has 2 unspecified atom stereocenters. The number of carbonyl (C=O) groups excluding carboxylic acids is 2. The second-order valence-electron chi connectivity index (χ2n) is 7.53. The van der Waals surface area contributed by atoms with Gasteiger partial charge >= 0.3 is 5.97 Å². The van der Waals surface area contributed by atoms with Gasteiger partial charge in [0.25, 0.3) is 5.91 Å². The molecule has 8 heteroatoms. The summed E-state index contributed by atoms with van der Waals surface area (Å²) in [5.74, 6) is -1.10. The van der Waals surface area contributed by atoms with Crippen molar-refractivity contribution in [2.45, 2.75) is 25.5 Å². The molecule has 2 atom stereocenters. The Morgan fingerprint density at radius 1 is 1.13 bits per heavy atom. The first kappa shape index (κ1) is 23.0. The molecule has 0 aliphatic carbocycles. The number of amides is 1. The number of esters is 1. The molecule has 2 aromatic carbocycles. The van der Waals surface area contributed by atoms with Crippen LogP contribution in [0.3, 0.4) is 0 Å². The molecule has 1 aliphatic heterocycles. The molecule has 1 fully saturated rings. The van der Waals surface area contributed by atoms with Crippen molar-refractivity contribution < 1.29 is 22.7 Å². The van der Waals surface area contributed by atoms with Gasteiger partial charge in [0.1, 0.15) is 0 Å². The first-order valence-corrected chi connectivity index (χ1v) is 12.1. The predicted octanol–water partition coefficient (Wildman–Crippen LogP) is 3.46. The lowest BCUT2D eigenvalue weighted by Crippen LogP contribution is -2.44. The van der Waals surface area contributed by atoms with Crippen LogP contribution in [0.2, 0.25) is 5.02 Å². The van der Waals surface area contributed by atoms with Crippen molar-refractivity contribution in [3.8, 4) is 0 Å². The Bertz CT molecular complexity index is 1080. The molecule has 1 amide bonds. The molecule has 0 spiro atoms. The minimum atomic E-state index is -3.13. The van der Waals surface area contributed by atoms with Gasteiger partial charge in [-0.05, 0) is 42.7 Å². The molecule has 6 nitrogen and oxygen atoms in total. The van der Waals surface area contributed by atoms with Crippen molar-refractivity contribution in [3.05, 3.63) is 70.7 Å². The van der Waals surface area contributed by atoms with Gasteiger partial charge in [-0.2, -0.15) is 0 Å². The standard InChI is InChI=1S/C23H24ClNO5S/c1-16(22(26)25(2)20-12-13-31(28,29)15-20)30-23(27)21(14-17-6-4-3-5-7-17)18-8-10-19(24)11-9-18/h3-11,14,16,20H,12-13,15H2,1-2H3/b21-14+. The van der Waals surface area contributed by atoms with Crippen LogP contribution in [0.4, 0.5) is 0 Å². The molecule has 164 valence electrons. The third kappa shape index (κ3) is 5.95. The lowest BCUT2D eigenvalue weighted by Gasteiger charge is -2.26. The molecule has 2 aromatic rings. The number of hydrogen-bond donors (Lipinski definition) is 0. The molecule has 0 saturated carbocycles. The number of halogens is 1. The summed E-state index contributed by atoms with van der Waals surface area (Å²) in [6, 6.07) is 15.6. The number of carbonyl (C=O) groups is 2. The van der Waals surface area contributed by atoms with Crippen molar-refractivity contribution in [2.75, 3.05) is 18.6 Å². The van der Waals surface area contributed by atoms with Gasteiger partial charge in [0, 0.05) is 18.1 Å². The Hall–Kier alpha value is -2.64. The SMILES string of the molecule is CC(OC(=O)/C(=C/c1ccccc1)c1ccc(Cl)cc1)C(=O)N(C)C1CCS(=O)(=O)C1. The second kappa shape index (κ2) is 9.66. The van der Waals surface area contributed by atoms with Gasteiger partial charge in [-0.1, -0.05) is 54.1 Å². The summed E-state index contributed by atoms with van der Waals surface area (Å²) in [4.78, 5) is 27.1. The Balaban J connectivity index is 1.79. The molecule has 0 N–H and O–H groups in total. The summed E-state index contributed by atoms with van der Waals surface area (Å²) in [5, 5.41) is 0.535. The molecular weight excluding hydrogens is 438 g/mol. The van der Waals surface area contributed by atoms with Crippen LogP contribution in [0.25, 0.3) is 11.6 Å². The second-order valence-corrected chi connectivity index (χ2v) is 10.2. The zero-order valence-electron chi connectivity index (χ0n) is 17.3. The average molecular weight is 462 g/mol. The van der Waals surface area contributed by atoms with E-state index >= 15 is 0 Å². The molecule has 1 saturated heterocycles. The van der Waals surface area contributed by atoms with Crippen LogP contribution in [0, 0.1) is 0 Å². The molecule has 1 heterocycles. The van der Waals surface area contributed by atoms with Crippen LogP contribution >= 0.6 is 11.6 Å². The first-order chi connectivity index (χ1) is 14.7. The zero-order chi connectivity index (χ0) is 22.6. The molecule has 0 bridgehead atoms. The Morgan fingerprint density at radius 2 is 1.77 bits per heavy atom. The van der Waals surface area contributed by atoms with Crippen LogP contribution in [-0.4, -0.2) is 55.9 Å². The van der Waals surface area contributed by atoms with Gasteiger partial charge in [-0.15, -0.1) is 0 Å². The Morgan fingerprint density at radius 3 is 2.35 bits per heavy atom. The fourth-order valence-corrected chi connectivity index (χ4v) is 5.33. The fraction of sp³-hybridized carbons (Fsp3) is 0.304. The number of nitrogens with zero attached hydrogens (tertiary/aromatic N) is 1. The quantitative estimate of drug-likeness (QED) is 0.374. The summed E-state index contributed by atoms with van der Waals surface area (Å²) < 4.78 is 28.9. The zero-order valence-corrected chi connectivity index (χ0v) is 18.9. The Kier molecular flexibility index (Phi) is 7.18. The smallest absolute Gasteiger partial charge is 0.339 e. The number of sulfone groups is 1. The number of benzene rings is 2. The van der Waals surface area contributed by atoms with Crippen LogP contribution in [0.1, 0.15) is 24.5 Å². The minimum Gasteiger partial charge on any atom is -0.449 e. The molecule has 1 aliphatic rings. The maximum atomic E-state index is 13.0. The van der Waals surface area contributed by atoms with E-state index in [1.165, 1.54) is 18.9 Å². The number of ether oxygens (including phenoxy) is 1. The summed E-state index contributed by atoms with van der Waals surface area (Å²) in [5.41, 5.74) is 1.69. The van der Waals surface area contributed by atoms with E-state index in [9.17, 15) is 18.0 Å². The van der Waals surface area contributed by atoms with E-state index < -0.39 is 33.9 Å². The van der Waals surface area contributed by atoms with Gasteiger partial charge in [-0.3, -0.25) is 4.79 Å². The van der Waals surface area contributed by atoms with Gasteiger partial charge in [0.05, 0.1) is 17.1 Å². The van der Waals surface area contributed by atoms with Gasteiger partial charge in [0.2, 0.25) is 0 Å². The van der Waals surface area contributed by atoms with E-state index in [0.717, 1.165) is 5.56 Å². The predicted molar refractivity (Wildman–Crippen MR) is 121 cm³/mol. The summed E-state index contributed by atoms with van der Waals surface area (Å²) in [7, 11) is -1.59. The van der Waals surface area contributed by atoms with Crippen molar-refractivity contribution in [2.24, 2.45) is 0 Å². The van der Waals surface area contributed by atoms with Crippen molar-refractivity contribution in [1.29, 1.82) is 0 Å². The van der Waals surface area contributed by atoms with Crippen LogP contribution in [0.5, 0.6) is 0 Å². The van der Waals surface area contributed by atoms with Gasteiger partial charge < -0.3 is 9.64 Å². The van der Waals surface area contributed by atoms with E-state index in [0.29, 0.717) is 17.0 Å². The molecule has 31 heavy (non-hydrogen) atoms. The third-order valence-corrected chi connectivity index (χ3v) is 7.22. The maximum absolute atomic E-state index is 13.0. The fourth-order valence-electron chi connectivity index (χ4n) is 3.43. The Labute approximate surface area is 187 Å². The van der Waals surface area contributed by atoms with Gasteiger partial charge in [0.15, 0.2) is 15.9 Å². The monoisotopic (exact) mass is 461 g/mol. The topological polar surface area (TPSA) is 80.8 Å². The molecule has 3 rings (SSSR count). The van der Waals surface area contributed by atoms with Crippen LogP contribution in [-0.2, 0) is 24.2 Å². The van der Waals surface area contributed by atoms with E-state index in [2.05, 4.69) is 0 Å². The number of hydrogen-bond acceptors (Lipinski definition) is 5. The van der Waals surface area contributed by atoms with Crippen molar-refractivity contribution in [1.82, 2.24) is 4.90 Å². The molecule has 0 aromatic heterocycles. The summed E-state index contributed by atoms with van der Waals surface area (Å²) in [6.45, 7) is 1.49. The van der Waals surface area contributed by atoms with Crippen LogP contribution in [0.15, 0.2) is 54.6 Å². The normalized spacial score (nSPS) is 18.9. The first-order valence-electron chi connectivity index (χ1n) is 9.87. The van der Waals surface area contributed by atoms with Gasteiger partial charge in [-0.25, -0.2) is 13.2 Å².